The highest BCUT2D eigenvalue weighted by Gasteiger charge is 2.37. The van der Waals surface area contributed by atoms with E-state index in [0.717, 1.165) is 30.0 Å². The molecule has 11 heteroatoms. The summed E-state index contributed by atoms with van der Waals surface area (Å²) in [7, 11) is 2.02. The lowest BCUT2D eigenvalue weighted by Crippen LogP contribution is -2.52. The third kappa shape index (κ3) is 6.53. The summed E-state index contributed by atoms with van der Waals surface area (Å²) in [6.07, 6.45) is -2.89. The van der Waals surface area contributed by atoms with Gasteiger partial charge in [0.05, 0.1) is 0 Å². The Morgan fingerprint density at radius 1 is 1.00 bits per heavy atom. The normalized spacial score (nSPS) is 21.7. The van der Waals surface area contributed by atoms with Crippen LogP contribution in [0.1, 0.15) is 18.5 Å². The second-order valence-corrected chi connectivity index (χ2v) is 9.14. The van der Waals surface area contributed by atoms with Gasteiger partial charge in [-0.3, -0.25) is 14.3 Å². The van der Waals surface area contributed by atoms with Gasteiger partial charge in [0.2, 0.25) is 11.8 Å². The molecule has 8 nitrogen and oxygen atoms in total. The lowest BCUT2D eigenvalue weighted by atomic mass is 9.90. The van der Waals surface area contributed by atoms with E-state index in [-0.39, 0.29) is 36.8 Å². The van der Waals surface area contributed by atoms with E-state index < -0.39 is 11.9 Å². The fourth-order valence-electron chi connectivity index (χ4n) is 4.51. The molecular weight excluding hydrogens is 463 g/mol. The van der Waals surface area contributed by atoms with Crippen molar-refractivity contribution < 1.29 is 27.5 Å². The number of para-hydroxylation sites is 1. The van der Waals surface area contributed by atoms with Gasteiger partial charge in [-0.05, 0) is 25.2 Å². The van der Waals surface area contributed by atoms with Crippen LogP contribution in [0.4, 0.5) is 13.2 Å². The van der Waals surface area contributed by atoms with Crippen LogP contribution in [0.3, 0.4) is 0 Å². The molecule has 1 aromatic carbocycles. The number of piperazine rings is 1. The van der Waals surface area contributed by atoms with E-state index in [0.29, 0.717) is 38.3 Å². The first kappa shape index (κ1) is 25.0. The van der Waals surface area contributed by atoms with Gasteiger partial charge in [0, 0.05) is 64.2 Å². The van der Waals surface area contributed by atoms with E-state index in [4.69, 9.17) is 4.74 Å². The summed E-state index contributed by atoms with van der Waals surface area (Å²) in [5, 5.41) is 3.48. The predicted octanol–water partition coefficient (Wildman–Crippen LogP) is 2.36. The third-order valence-corrected chi connectivity index (χ3v) is 6.57. The molecule has 0 saturated carbocycles. The van der Waals surface area contributed by atoms with Crippen molar-refractivity contribution in [1.29, 1.82) is 0 Å². The predicted molar refractivity (Wildman–Crippen MR) is 121 cm³/mol. The second kappa shape index (κ2) is 10.7. The zero-order valence-corrected chi connectivity index (χ0v) is 19.7. The van der Waals surface area contributed by atoms with Crippen molar-refractivity contribution in [2.75, 3.05) is 46.3 Å². The summed E-state index contributed by atoms with van der Waals surface area (Å²) in [6, 6.07) is 10.2. The zero-order valence-electron chi connectivity index (χ0n) is 19.7. The Morgan fingerprint density at radius 3 is 2.37 bits per heavy atom. The number of halogens is 3. The molecule has 2 aliphatic rings. The van der Waals surface area contributed by atoms with E-state index in [1.807, 2.05) is 42.3 Å². The molecule has 0 radical (unpaired) electrons. The Morgan fingerprint density at radius 2 is 1.71 bits per heavy atom. The Hall–Kier alpha value is -3.08. The molecule has 0 N–H and O–H groups in total. The van der Waals surface area contributed by atoms with Gasteiger partial charge in [-0.15, -0.1) is 0 Å². The monoisotopic (exact) mass is 493 g/mol. The number of carbonyl (C=O) groups is 2. The van der Waals surface area contributed by atoms with E-state index in [2.05, 4.69) is 10.00 Å². The molecule has 2 aliphatic heterocycles. The number of rotatable bonds is 6. The lowest BCUT2D eigenvalue weighted by Gasteiger charge is -2.40. The maximum atomic E-state index is 13.1. The quantitative estimate of drug-likeness (QED) is 0.618. The first-order chi connectivity index (χ1) is 16.7. The maximum absolute atomic E-state index is 13.1. The molecule has 0 aliphatic carbocycles. The molecule has 1 aromatic heterocycles. The number of amides is 2. The fraction of sp³-hybridized carbons (Fsp3) is 0.542. The van der Waals surface area contributed by atoms with E-state index in [1.165, 1.54) is 0 Å². The number of ether oxygens (including phenoxy) is 1. The summed E-state index contributed by atoms with van der Waals surface area (Å²) < 4.78 is 45.7. The maximum Gasteiger partial charge on any atom is 0.435 e. The highest BCUT2D eigenvalue weighted by atomic mass is 19.4. The molecule has 190 valence electrons. The van der Waals surface area contributed by atoms with Gasteiger partial charge in [-0.1, -0.05) is 18.2 Å². The van der Waals surface area contributed by atoms with Crippen LogP contribution in [-0.4, -0.2) is 88.7 Å². The summed E-state index contributed by atoms with van der Waals surface area (Å²) in [5.74, 6) is 0.159. The van der Waals surface area contributed by atoms with E-state index >= 15 is 0 Å². The van der Waals surface area contributed by atoms with Crippen molar-refractivity contribution >= 4 is 11.8 Å². The van der Waals surface area contributed by atoms with Crippen LogP contribution < -0.4 is 4.74 Å². The highest BCUT2D eigenvalue weighted by Crippen LogP contribution is 2.28. The minimum atomic E-state index is -4.56. The molecule has 0 unspecified atom stereocenters. The molecule has 2 fully saturated rings. The Labute approximate surface area is 202 Å². The molecule has 35 heavy (non-hydrogen) atoms. The van der Waals surface area contributed by atoms with E-state index in [9.17, 15) is 22.8 Å². The van der Waals surface area contributed by atoms with Crippen molar-refractivity contribution in [3.05, 3.63) is 48.3 Å². The molecule has 2 amide bonds. The van der Waals surface area contributed by atoms with Crippen LogP contribution in [0.5, 0.6) is 5.75 Å². The van der Waals surface area contributed by atoms with Gasteiger partial charge in [0.15, 0.2) is 5.69 Å². The lowest BCUT2D eigenvalue weighted by molar-refractivity contribution is -0.142. The molecule has 2 aromatic rings. The molecule has 2 saturated heterocycles. The van der Waals surface area contributed by atoms with Crippen LogP contribution >= 0.6 is 0 Å². The van der Waals surface area contributed by atoms with Gasteiger partial charge in [-0.2, -0.15) is 18.3 Å². The number of aromatic nitrogens is 2. The molecule has 4 rings (SSSR count). The average Bonchev–Trinajstić information content (AvgIpc) is 3.30. The number of likely N-dealkylation sites (tertiary alicyclic amines) is 1. The molecule has 3 heterocycles. The molecule has 2 atom stereocenters. The first-order valence-electron chi connectivity index (χ1n) is 11.8. The van der Waals surface area contributed by atoms with Gasteiger partial charge in [0.25, 0.3) is 0 Å². The summed E-state index contributed by atoms with van der Waals surface area (Å²) >= 11 is 0. The second-order valence-electron chi connectivity index (χ2n) is 9.14. The van der Waals surface area contributed by atoms with Gasteiger partial charge in [-0.25, -0.2) is 0 Å². The SMILES string of the molecule is CN1CCN(C(=O)C[C@H]2CN(C(=O)Cn3ccc(C(F)(F)F)n3)CC[C@@H]2Oc2ccccc2)CC1. The van der Waals surface area contributed by atoms with Crippen molar-refractivity contribution in [3.8, 4) is 5.75 Å². The van der Waals surface area contributed by atoms with Crippen molar-refractivity contribution in [3.63, 3.8) is 0 Å². The fourth-order valence-corrected chi connectivity index (χ4v) is 4.51. The largest absolute Gasteiger partial charge is 0.490 e. The van der Waals surface area contributed by atoms with Crippen molar-refractivity contribution in [2.24, 2.45) is 5.92 Å². The van der Waals surface area contributed by atoms with Crippen molar-refractivity contribution in [2.45, 2.75) is 31.7 Å². The first-order valence-corrected chi connectivity index (χ1v) is 11.8. The number of likely N-dealkylation sites (N-methyl/N-ethyl adjacent to an activating group) is 1. The molecular formula is C24H30F3N5O3. The number of nitrogens with zero attached hydrogens (tertiary/aromatic N) is 5. The van der Waals surface area contributed by atoms with Crippen molar-refractivity contribution in [1.82, 2.24) is 24.5 Å². The summed E-state index contributed by atoms with van der Waals surface area (Å²) in [4.78, 5) is 31.6. The van der Waals surface area contributed by atoms with Crippen LogP contribution in [0, 0.1) is 5.92 Å². The van der Waals surface area contributed by atoms with Gasteiger partial charge < -0.3 is 19.4 Å². The zero-order chi connectivity index (χ0) is 25.0. The number of piperidine rings is 1. The smallest absolute Gasteiger partial charge is 0.435 e. The van der Waals surface area contributed by atoms with Crippen LogP contribution in [-0.2, 0) is 22.3 Å². The van der Waals surface area contributed by atoms with Crippen LogP contribution in [0.2, 0.25) is 0 Å². The Balaban J connectivity index is 1.42. The Bertz CT molecular complexity index is 1010. The number of benzene rings is 1. The summed E-state index contributed by atoms with van der Waals surface area (Å²) in [5.41, 5.74) is -1.03. The number of hydrogen-bond donors (Lipinski definition) is 0. The number of carbonyl (C=O) groups excluding carboxylic acids is 2. The molecule has 0 spiro atoms. The highest BCUT2D eigenvalue weighted by molar-refractivity contribution is 5.78. The van der Waals surface area contributed by atoms with Crippen LogP contribution in [0.15, 0.2) is 42.6 Å². The minimum Gasteiger partial charge on any atom is -0.490 e. The number of hydrogen-bond acceptors (Lipinski definition) is 5. The number of alkyl halides is 3. The van der Waals surface area contributed by atoms with Gasteiger partial charge in [0.1, 0.15) is 18.4 Å². The minimum absolute atomic E-state index is 0.0287. The summed E-state index contributed by atoms with van der Waals surface area (Å²) in [6.45, 7) is 3.35. The Kier molecular flexibility index (Phi) is 7.63. The van der Waals surface area contributed by atoms with E-state index in [1.54, 1.807) is 4.90 Å². The average molecular weight is 494 g/mol. The molecule has 0 bridgehead atoms. The topological polar surface area (TPSA) is 70.9 Å². The van der Waals surface area contributed by atoms with Gasteiger partial charge >= 0.3 is 6.18 Å². The standard InChI is InChI=1S/C24H30F3N5O3/c1-29-11-13-30(14-12-29)22(33)15-18-16-31(9-7-20(18)35-19-5-3-2-4-6-19)23(34)17-32-10-8-21(28-32)24(25,26)27/h2-6,8,10,18,20H,7,9,11-17H2,1H3/t18-,20-/m0/s1. The van der Waals surface area contributed by atoms with Crippen LogP contribution in [0.25, 0.3) is 0 Å². The third-order valence-electron chi connectivity index (χ3n) is 6.57.